The van der Waals surface area contributed by atoms with Crippen molar-refractivity contribution in [3.8, 4) is 0 Å². The number of aromatic nitrogens is 1. The number of rotatable bonds is 4. The summed E-state index contributed by atoms with van der Waals surface area (Å²) in [6, 6.07) is 3.88. The molecule has 6 heteroatoms. The number of hydrogen-bond acceptors (Lipinski definition) is 4. The Hall–Kier alpha value is -2.11. The Labute approximate surface area is 149 Å². The molecule has 0 aliphatic carbocycles. The molecule has 2 aliphatic heterocycles. The van der Waals surface area contributed by atoms with Gasteiger partial charge in [-0.05, 0) is 37.8 Å². The van der Waals surface area contributed by atoms with Crippen LogP contribution in [0.5, 0.6) is 0 Å². The number of pyridine rings is 1. The van der Waals surface area contributed by atoms with Crippen molar-refractivity contribution >= 4 is 23.3 Å². The largest absolute Gasteiger partial charge is 0.357 e. The Morgan fingerprint density at radius 3 is 2.56 bits per heavy atom. The minimum Gasteiger partial charge on any atom is -0.357 e. The second kappa shape index (κ2) is 7.85. The van der Waals surface area contributed by atoms with E-state index in [9.17, 15) is 9.59 Å². The van der Waals surface area contributed by atoms with Crippen LogP contribution in [0.4, 0.5) is 11.5 Å². The number of likely N-dealkylation sites (tertiary alicyclic amines) is 1. The van der Waals surface area contributed by atoms with Gasteiger partial charge < -0.3 is 15.1 Å². The third kappa shape index (κ3) is 4.30. The summed E-state index contributed by atoms with van der Waals surface area (Å²) in [4.78, 5) is 33.3. The van der Waals surface area contributed by atoms with Gasteiger partial charge in [0, 0.05) is 32.1 Å². The van der Waals surface area contributed by atoms with Gasteiger partial charge in [-0.25, -0.2) is 4.98 Å². The van der Waals surface area contributed by atoms with Crippen molar-refractivity contribution in [2.24, 2.45) is 11.8 Å². The van der Waals surface area contributed by atoms with Gasteiger partial charge in [-0.1, -0.05) is 13.8 Å². The molecule has 2 aliphatic rings. The average Bonchev–Trinajstić information content (AvgIpc) is 3.16. The molecule has 2 amide bonds. The van der Waals surface area contributed by atoms with E-state index < -0.39 is 0 Å². The molecule has 1 atom stereocenters. The van der Waals surface area contributed by atoms with E-state index in [0.717, 1.165) is 44.0 Å². The molecule has 2 fully saturated rings. The average molecular weight is 344 g/mol. The number of piperidine rings is 1. The maximum Gasteiger partial charge on any atom is 0.229 e. The van der Waals surface area contributed by atoms with E-state index >= 15 is 0 Å². The fraction of sp³-hybridized carbons (Fsp3) is 0.632. The van der Waals surface area contributed by atoms with E-state index in [4.69, 9.17) is 0 Å². The first-order valence-corrected chi connectivity index (χ1v) is 9.35. The highest BCUT2D eigenvalue weighted by molar-refractivity contribution is 5.93. The van der Waals surface area contributed by atoms with E-state index in [0.29, 0.717) is 6.54 Å². The van der Waals surface area contributed by atoms with Crippen LogP contribution < -0.4 is 10.2 Å². The Balaban J connectivity index is 1.57. The molecule has 1 N–H and O–H groups in total. The number of anilines is 2. The van der Waals surface area contributed by atoms with Crippen LogP contribution >= 0.6 is 0 Å². The number of carbonyl (C=O) groups is 2. The molecule has 0 saturated carbocycles. The van der Waals surface area contributed by atoms with Gasteiger partial charge in [0.1, 0.15) is 5.82 Å². The smallest absolute Gasteiger partial charge is 0.229 e. The Morgan fingerprint density at radius 1 is 1.16 bits per heavy atom. The number of nitrogens with one attached hydrogen (secondary N) is 1. The molecule has 25 heavy (non-hydrogen) atoms. The van der Waals surface area contributed by atoms with Crippen LogP contribution in [0, 0.1) is 11.8 Å². The third-order valence-electron chi connectivity index (χ3n) is 5.04. The fourth-order valence-corrected chi connectivity index (χ4v) is 3.59. The second-order valence-corrected chi connectivity index (χ2v) is 7.37. The molecule has 1 aromatic rings. The first-order chi connectivity index (χ1) is 12.0. The van der Waals surface area contributed by atoms with Gasteiger partial charge in [-0.15, -0.1) is 0 Å². The monoisotopic (exact) mass is 344 g/mol. The molecule has 0 bridgehead atoms. The lowest BCUT2D eigenvalue weighted by Crippen LogP contribution is -2.45. The van der Waals surface area contributed by atoms with Gasteiger partial charge >= 0.3 is 0 Å². The van der Waals surface area contributed by atoms with Crippen molar-refractivity contribution < 1.29 is 9.59 Å². The maximum atomic E-state index is 12.6. The van der Waals surface area contributed by atoms with E-state index in [1.54, 1.807) is 6.20 Å². The van der Waals surface area contributed by atoms with E-state index in [2.05, 4.69) is 15.2 Å². The van der Waals surface area contributed by atoms with Crippen LogP contribution in [0.15, 0.2) is 18.3 Å². The highest BCUT2D eigenvalue weighted by Crippen LogP contribution is 2.22. The van der Waals surface area contributed by atoms with E-state index in [1.807, 2.05) is 30.9 Å². The molecule has 2 saturated heterocycles. The van der Waals surface area contributed by atoms with Gasteiger partial charge in [-0.2, -0.15) is 0 Å². The van der Waals surface area contributed by atoms with Gasteiger partial charge in [-0.3, -0.25) is 9.59 Å². The summed E-state index contributed by atoms with van der Waals surface area (Å²) < 4.78 is 0. The molecule has 0 spiro atoms. The first-order valence-electron chi connectivity index (χ1n) is 9.35. The Bertz CT molecular complexity index is 608. The van der Waals surface area contributed by atoms with Crippen LogP contribution in [0.3, 0.4) is 0 Å². The predicted molar refractivity (Wildman–Crippen MR) is 98.5 cm³/mol. The fourth-order valence-electron chi connectivity index (χ4n) is 3.59. The van der Waals surface area contributed by atoms with Crippen molar-refractivity contribution in [3.63, 3.8) is 0 Å². The number of carbonyl (C=O) groups excluding carboxylic acids is 2. The topological polar surface area (TPSA) is 65.5 Å². The van der Waals surface area contributed by atoms with Crippen LogP contribution in [0.25, 0.3) is 0 Å². The van der Waals surface area contributed by atoms with Crippen LogP contribution in [0.1, 0.15) is 39.5 Å². The summed E-state index contributed by atoms with van der Waals surface area (Å²) in [6.07, 6.45) is 5.86. The minimum atomic E-state index is -0.144. The first kappa shape index (κ1) is 17.7. The molecule has 0 unspecified atom stereocenters. The van der Waals surface area contributed by atoms with Crippen molar-refractivity contribution in [3.05, 3.63) is 18.3 Å². The number of amides is 2. The van der Waals surface area contributed by atoms with Crippen molar-refractivity contribution in [1.82, 2.24) is 9.88 Å². The van der Waals surface area contributed by atoms with Gasteiger partial charge in [0.2, 0.25) is 11.8 Å². The summed E-state index contributed by atoms with van der Waals surface area (Å²) in [5, 5.41) is 2.96. The quantitative estimate of drug-likeness (QED) is 0.911. The van der Waals surface area contributed by atoms with Crippen molar-refractivity contribution in [2.75, 3.05) is 36.4 Å². The molecule has 1 aromatic heterocycles. The number of hydrogen-bond donors (Lipinski definition) is 1. The highest BCUT2D eigenvalue weighted by Gasteiger charge is 2.29. The van der Waals surface area contributed by atoms with Crippen LogP contribution in [-0.4, -0.2) is 47.9 Å². The van der Waals surface area contributed by atoms with Crippen molar-refractivity contribution in [2.45, 2.75) is 39.5 Å². The SMILES string of the molecule is CC(C)C(=O)N1CCC[C@H](C(=O)Nc2ccc(N3CCCC3)nc2)C1. The summed E-state index contributed by atoms with van der Waals surface area (Å²) >= 11 is 0. The Morgan fingerprint density at radius 2 is 1.92 bits per heavy atom. The highest BCUT2D eigenvalue weighted by atomic mass is 16.2. The standard InChI is InChI=1S/C19H28N4O2/c1-14(2)19(25)23-11-5-6-15(13-23)18(24)21-16-7-8-17(20-12-16)22-9-3-4-10-22/h7-8,12,14-15H,3-6,9-11,13H2,1-2H3,(H,21,24)/t15-/m0/s1. The summed E-state index contributed by atoms with van der Waals surface area (Å²) in [5.74, 6) is 0.923. The summed E-state index contributed by atoms with van der Waals surface area (Å²) in [6.45, 7) is 7.19. The van der Waals surface area contributed by atoms with Crippen LogP contribution in [-0.2, 0) is 9.59 Å². The maximum absolute atomic E-state index is 12.6. The second-order valence-electron chi connectivity index (χ2n) is 7.37. The summed E-state index contributed by atoms with van der Waals surface area (Å²) in [7, 11) is 0. The minimum absolute atomic E-state index is 0.0167. The number of nitrogens with zero attached hydrogens (tertiary/aromatic N) is 3. The predicted octanol–water partition coefficient (Wildman–Crippen LogP) is 2.51. The lowest BCUT2D eigenvalue weighted by molar-refractivity contribution is -0.137. The molecular formula is C19H28N4O2. The van der Waals surface area contributed by atoms with Gasteiger partial charge in [0.15, 0.2) is 0 Å². The zero-order chi connectivity index (χ0) is 17.8. The molecule has 0 radical (unpaired) electrons. The van der Waals surface area contributed by atoms with Gasteiger partial charge in [0.05, 0.1) is 17.8 Å². The third-order valence-corrected chi connectivity index (χ3v) is 5.04. The molecule has 3 heterocycles. The normalized spacial score (nSPS) is 20.8. The molecule has 0 aromatic carbocycles. The Kier molecular flexibility index (Phi) is 5.56. The lowest BCUT2D eigenvalue weighted by Gasteiger charge is -2.33. The van der Waals surface area contributed by atoms with E-state index in [-0.39, 0.29) is 23.7 Å². The van der Waals surface area contributed by atoms with Crippen molar-refractivity contribution in [1.29, 1.82) is 0 Å². The molecule has 6 nitrogen and oxygen atoms in total. The lowest BCUT2D eigenvalue weighted by atomic mass is 9.96. The molecule has 3 rings (SSSR count). The zero-order valence-corrected chi connectivity index (χ0v) is 15.2. The molecular weight excluding hydrogens is 316 g/mol. The molecule has 136 valence electrons. The van der Waals surface area contributed by atoms with Crippen LogP contribution in [0.2, 0.25) is 0 Å². The summed E-state index contributed by atoms with van der Waals surface area (Å²) in [5.41, 5.74) is 0.722. The zero-order valence-electron chi connectivity index (χ0n) is 15.2. The van der Waals surface area contributed by atoms with Gasteiger partial charge in [0.25, 0.3) is 0 Å². The van der Waals surface area contributed by atoms with E-state index in [1.165, 1.54) is 12.8 Å².